The van der Waals surface area contributed by atoms with Gasteiger partial charge in [-0.1, -0.05) is 0 Å². The van der Waals surface area contributed by atoms with Crippen LogP contribution in [0.2, 0.25) is 0 Å². The Hall–Kier alpha value is -1.50. The van der Waals surface area contributed by atoms with Gasteiger partial charge in [-0.3, -0.25) is 4.98 Å². The third-order valence-corrected chi connectivity index (χ3v) is 2.30. The summed E-state index contributed by atoms with van der Waals surface area (Å²) in [4.78, 5) is 4.04. The van der Waals surface area contributed by atoms with E-state index >= 15 is 0 Å². The van der Waals surface area contributed by atoms with Gasteiger partial charge in [0.05, 0.1) is 18.4 Å². The first kappa shape index (κ1) is 10.0. The number of tetrazole rings is 1. The van der Waals surface area contributed by atoms with Gasteiger partial charge >= 0.3 is 0 Å². The van der Waals surface area contributed by atoms with Crippen molar-refractivity contribution in [2.75, 3.05) is 5.32 Å². The number of nitrogens with one attached hydrogen (secondary N) is 1. The summed E-state index contributed by atoms with van der Waals surface area (Å²) in [5, 5.41) is 14.3. The first-order valence-corrected chi connectivity index (χ1v) is 5.10. The van der Waals surface area contributed by atoms with E-state index in [2.05, 4.69) is 41.8 Å². The summed E-state index contributed by atoms with van der Waals surface area (Å²) in [5.74, 6) is 0.773. The lowest BCUT2D eigenvalue weighted by atomic mass is 10.4. The fourth-order valence-corrected chi connectivity index (χ4v) is 1.45. The summed E-state index contributed by atoms with van der Waals surface area (Å²) in [6.07, 6.45) is 3.48. The summed E-state index contributed by atoms with van der Waals surface area (Å²) in [5.41, 5.74) is 0.923. The quantitative estimate of drug-likeness (QED) is 0.899. The average molecular weight is 269 g/mol. The molecule has 0 spiro atoms. The second-order valence-electron chi connectivity index (χ2n) is 2.96. The van der Waals surface area contributed by atoms with Crippen molar-refractivity contribution < 1.29 is 0 Å². The molecule has 2 rings (SSSR count). The Morgan fingerprint density at radius 3 is 3.00 bits per heavy atom. The molecule has 0 saturated heterocycles. The van der Waals surface area contributed by atoms with Gasteiger partial charge in [0.1, 0.15) is 0 Å². The molecule has 2 aromatic rings. The van der Waals surface area contributed by atoms with Crippen LogP contribution < -0.4 is 5.32 Å². The number of aromatic nitrogens is 5. The topological polar surface area (TPSA) is 68.5 Å². The normalized spacial score (nSPS) is 10.3. The number of anilines is 1. The molecule has 0 unspecified atom stereocenters. The maximum Gasteiger partial charge on any atom is 0.170 e. The van der Waals surface area contributed by atoms with Crippen LogP contribution in [0.5, 0.6) is 0 Å². The molecule has 1 N–H and O–H groups in total. The van der Waals surface area contributed by atoms with Gasteiger partial charge in [-0.05, 0) is 32.4 Å². The van der Waals surface area contributed by atoms with Crippen molar-refractivity contribution in [2.45, 2.75) is 6.54 Å². The van der Waals surface area contributed by atoms with E-state index in [1.54, 1.807) is 24.1 Å². The van der Waals surface area contributed by atoms with Crippen molar-refractivity contribution in [3.05, 3.63) is 28.8 Å². The Bertz CT molecular complexity index is 454. The molecule has 2 heterocycles. The van der Waals surface area contributed by atoms with E-state index < -0.39 is 0 Å². The fraction of sp³-hybridized carbons (Fsp3) is 0.250. The van der Waals surface area contributed by atoms with Gasteiger partial charge in [0, 0.05) is 17.7 Å². The number of nitrogens with zero attached hydrogens (tertiary/aromatic N) is 5. The van der Waals surface area contributed by atoms with Crippen LogP contribution in [0, 0.1) is 0 Å². The molecule has 0 saturated carbocycles. The SMILES string of the molecule is Cn1nnnc1CNc1cncc(Br)c1. The van der Waals surface area contributed by atoms with Crippen LogP contribution in [0.4, 0.5) is 5.69 Å². The zero-order chi connectivity index (χ0) is 10.7. The number of hydrogen-bond donors (Lipinski definition) is 1. The maximum absolute atomic E-state index is 4.04. The van der Waals surface area contributed by atoms with E-state index in [1.165, 1.54) is 0 Å². The lowest BCUT2D eigenvalue weighted by molar-refractivity contribution is 0.683. The number of pyridine rings is 1. The van der Waals surface area contributed by atoms with Gasteiger partial charge in [-0.15, -0.1) is 5.10 Å². The summed E-state index contributed by atoms with van der Waals surface area (Å²) in [6, 6.07) is 1.94. The van der Waals surface area contributed by atoms with Crippen LogP contribution in [0.3, 0.4) is 0 Å². The zero-order valence-corrected chi connectivity index (χ0v) is 9.64. The standard InChI is InChI=1S/C8H9BrN6/c1-15-8(12-13-14-15)5-11-7-2-6(9)3-10-4-7/h2-4,11H,5H2,1H3. The van der Waals surface area contributed by atoms with E-state index in [9.17, 15) is 0 Å². The van der Waals surface area contributed by atoms with Gasteiger partial charge < -0.3 is 5.32 Å². The molecule has 0 aliphatic carbocycles. The smallest absolute Gasteiger partial charge is 0.170 e. The van der Waals surface area contributed by atoms with Crippen molar-refractivity contribution in [3.8, 4) is 0 Å². The monoisotopic (exact) mass is 268 g/mol. The molecule has 0 bridgehead atoms. The minimum absolute atomic E-state index is 0.571. The van der Waals surface area contributed by atoms with Crippen molar-refractivity contribution in [1.29, 1.82) is 0 Å². The van der Waals surface area contributed by atoms with Gasteiger partial charge in [-0.25, -0.2) is 4.68 Å². The second kappa shape index (κ2) is 4.35. The zero-order valence-electron chi connectivity index (χ0n) is 8.05. The predicted molar refractivity (Wildman–Crippen MR) is 58.1 cm³/mol. The van der Waals surface area contributed by atoms with E-state index in [-0.39, 0.29) is 0 Å². The molecule has 78 valence electrons. The second-order valence-corrected chi connectivity index (χ2v) is 3.88. The molecule has 0 aliphatic heterocycles. The van der Waals surface area contributed by atoms with Gasteiger partial charge in [-0.2, -0.15) is 0 Å². The molecule has 0 radical (unpaired) electrons. The first-order valence-electron chi connectivity index (χ1n) is 4.31. The molecule has 7 heteroatoms. The summed E-state index contributed by atoms with van der Waals surface area (Å²) in [6.45, 7) is 0.571. The molecule has 0 aliphatic rings. The summed E-state index contributed by atoms with van der Waals surface area (Å²) < 4.78 is 2.56. The summed E-state index contributed by atoms with van der Waals surface area (Å²) in [7, 11) is 1.80. The Morgan fingerprint density at radius 1 is 1.47 bits per heavy atom. The Kier molecular flexibility index (Phi) is 2.91. The van der Waals surface area contributed by atoms with Crippen LogP contribution in [0.15, 0.2) is 22.9 Å². The number of aryl methyl sites for hydroxylation is 1. The molecule has 15 heavy (non-hydrogen) atoms. The lowest BCUT2D eigenvalue weighted by Gasteiger charge is -2.04. The van der Waals surface area contributed by atoms with E-state index in [0.29, 0.717) is 6.54 Å². The van der Waals surface area contributed by atoms with Gasteiger partial charge in [0.2, 0.25) is 0 Å². The highest BCUT2D eigenvalue weighted by Gasteiger charge is 2.01. The Labute approximate surface area is 94.8 Å². The highest BCUT2D eigenvalue weighted by molar-refractivity contribution is 9.10. The Morgan fingerprint density at radius 2 is 2.33 bits per heavy atom. The van der Waals surface area contributed by atoms with Crippen molar-refractivity contribution in [2.24, 2.45) is 7.05 Å². The first-order chi connectivity index (χ1) is 7.25. The molecular formula is C8H9BrN6. The van der Waals surface area contributed by atoms with Gasteiger partial charge in [0.15, 0.2) is 5.82 Å². The van der Waals surface area contributed by atoms with Crippen molar-refractivity contribution >= 4 is 21.6 Å². The van der Waals surface area contributed by atoms with Crippen molar-refractivity contribution in [1.82, 2.24) is 25.2 Å². The largest absolute Gasteiger partial charge is 0.376 e. The molecule has 0 aromatic carbocycles. The van der Waals surface area contributed by atoms with Crippen LogP contribution in [-0.2, 0) is 13.6 Å². The molecule has 0 amide bonds. The highest BCUT2D eigenvalue weighted by Crippen LogP contribution is 2.13. The third kappa shape index (κ3) is 2.50. The molecule has 2 aromatic heterocycles. The minimum Gasteiger partial charge on any atom is -0.376 e. The minimum atomic E-state index is 0.571. The highest BCUT2D eigenvalue weighted by atomic mass is 79.9. The van der Waals surface area contributed by atoms with E-state index in [4.69, 9.17) is 0 Å². The third-order valence-electron chi connectivity index (χ3n) is 1.86. The number of rotatable bonds is 3. The van der Waals surface area contributed by atoms with Crippen LogP contribution >= 0.6 is 15.9 Å². The van der Waals surface area contributed by atoms with Gasteiger partial charge in [0.25, 0.3) is 0 Å². The van der Waals surface area contributed by atoms with Crippen LogP contribution in [-0.4, -0.2) is 25.2 Å². The van der Waals surface area contributed by atoms with Crippen molar-refractivity contribution in [3.63, 3.8) is 0 Å². The van der Waals surface area contributed by atoms with Crippen LogP contribution in [0.25, 0.3) is 0 Å². The van der Waals surface area contributed by atoms with E-state index in [1.807, 2.05) is 6.07 Å². The Balaban J connectivity index is 2.02. The van der Waals surface area contributed by atoms with Crippen LogP contribution in [0.1, 0.15) is 5.82 Å². The predicted octanol–water partition coefficient (Wildman–Crippen LogP) is 0.980. The number of hydrogen-bond acceptors (Lipinski definition) is 5. The maximum atomic E-state index is 4.04. The lowest BCUT2D eigenvalue weighted by Crippen LogP contribution is -2.06. The number of halogens is 1. The molecule has 6 nitrogen and oxygen atoms in total. The van der Waals surface area contributed by atoms with E-state index in [0.717, 1.165) is 16.0 Å². The molecule has 0 fully saturated rings. The average Bonchev–Trinajstić information content (AvgIpc) is 2.61. The molecule has 0 atom stereocenters. The fourth-order valence-electron chi connectivity index (χ4n) is 1.09. The summed E-state index contributed by atoms with van der Waals surface area (Å²) >= 11 is 3.35. The molecular weight excluding hydrogens is 260 g/mol.